The Bertz CT molecular complexity index is 1080. The summed E-state index contributed by atoms with van der Waals surface area (Å²) in [5, 5.41) is 0. The van der Waals surface area contributed by atoms with Crippen LogP contribution in [0.5, 0.6) is 0 Å². The number of hydrogen-bond acceptors (Lipinski definition) is 9. The van der Waals surface area contributed by atoms with Crippen molar-refractivity contribution in [2.75, 3.05) is 46.5 Å². The number of hydrogen-bond donors (Lipinski definition) is 1. The molecule has 212 valence electrons. The summed E-state index contributed by atoms with van der Waals surface area (Å²) >= 11 is 0. The standard InChI is InChI=1S/C19H25F4N2O9PS.H3N/c1-31-35(27,28)33-12-16(19(21,22)23)34-17(26)24-8-6-18(7-9-24)13-25(10-11-32-18)36(29,30)15-4-2-14(20)3-5-15;/h2-5,16H,6-13H2,1H3,(H,27,28);1H3/t16-;/m1./s1. The fourth-order valence-corrected chi connectivity index (χ4v) is 5.70. The molecule has 1 unspecified atom stereocenters. The molecule has 1 spiro atoms. The van der Waals surface area contributed by atoms with Gasteiger partial charge in [0.15, 0.2) is 0 Å². The molecule has 0 radical (unpaired) electrons. The van der Waals surface area contributed by atoms with E-state index in [1.165, 1.54) is 4.31 Å². The molecule has 2 heterocycles. The normalized spacial score (nSPS) is 21.1. The van der Waals surface area contributed by atoms with Gasteiger partial charge in [-0.25, -0.2) is 17.6 Å². The SMILES string of the molecule is COP(=O)([O-])OC[C@@H](OC(=O)N1CCC2(CC1)CN(S(=O)(=O)c1ccc(F)cc1)CCO2)C(F)(F)F.[NH4+]. The van der Waals surface area contributed by atoms with E-state index in [-0.39, 0.29) is 56.7 Å². The molecule has 4 N–H and O–H groups in total. The average molecular weight is 581 g/mol. The van der Waals surface area contributed by atoms with Crippen molar-refractivity contribution in [3.8, 4) is 0 Å². The first kappa shape index (κ1) is 31.4. The number of rotatable bonds is 7. The van der Waals surface area contributed by atoms with Crippen molar-refractivity contribution < 1.29 is 58.8 Å². The maximum Gasteiger partial charge on any atom is 0.427 e. The number of carbonyl (C=O) groups excluding carboxylic acids is 1. The van der Waals surface area contributed by atoms with E-state index < -0.39 is 54.2 Å². The Morgan fingerprint density at radius 2 is 1.81 bits per heavy atom. The monoisotopic (exact) mass is 581 g/mol. The van der Waals surface area contributed by atoms with E-state index in [0.717, 1.165) is 29.2 Å². The molecule has 0 bridgehead atoms. The minimum absolute atomic E-state index is 0. The highest BCUT2D eigenvalue weighted by Gasteiger charge is 2.47. The van der Waals surface area contributed by atoms with Gasteiger partial charge in [0.2, 0.25) is 16.1 Å². The molecular formula is C19H28F4N3O9PS. The summed E-state index contributed by atoms with van der Waals surface area (Å²) in [7, 11) is -8.24. The van der Waals surface area contributed by atoms with Crippen LogP contribution in [0.1, 0.15) is 12.8 Å². The Morgan fingerprint density at radius 1 is 1.22 bits per heavy atom. The van der Waals surface area contributed by atoms with Crippen LogP contribution in [0.3, 0.4) is 0 Å². The quantitative estimate of drug-likeness (QED) is 0.375. The number of ether oxygens (including phenoxy) is 2. The van der Waals surface area contributed by atoms with Gasteiger partial charge in [0.05, 0.1) is 17.1 Å². The maximum absolute atomic E-state index is 13.2. The van der Waals surface area contributed by atoms with E-state index in [2.05, 4.69) is 13.8 Å². The third-order valence-corrected chi connectivity index (χ3v) is 8.59. The summed E-state index contributed by atoms with van der Waals surface area (Å²) in [6.07, 6.45) is -9.11. The van der Waals surface area contributed by atoms with Gasteiger partial charge in [-0.2, -0.15) is 17.5 Å². The Morgan fingerprint density at radius 3 is 2.35 bits per heavy atom. The Hall–Kier alpha value is -1.85. The number of nitrogens with zero attached hydrogens (tertiary/aromatic N) is 2. The highest BCUT2D eigenvalue weighted by molar-refractivity contribution is 7.89. The van der Waals surface area contributed by atoms with Gasteiger partial charge in [0.1, 0.15) is 12.4 Å². The molecule has 1 aromatic rings. The number of halogens is 4. The smallest absolute Gasteiger partial charge is 0.427 e. The zero-order valence-corrected chi connectivity index (χ0v) is 21.7. The molecular weight excluding hydrogens is 553 g/mol. The summed E-state index contributed by atoms with van der Waals surface area (Å²) in [5.41, 5.74) is -0.984. The summed E-state index contributed by atoms with van der Waals surface area (Å²) in [5.74, 6) is -0.591. The Balaban J connectivity index is 0.00000481. The molecule has 3 rings (SSSR count). The molecule has 0 aromatic heterocycles. The number of sulfonamides is 1. The van der Waals surface area contributed by atoms with E-state index in [1.807, 2.05) is 0 Å². The Labute approximate surface area is 210 Å². The lowest BCUT2D eigenvalue weighted by molar-refractivity contribution is -0.240. The maximum atomic E-state index is 13.2. The van der Waals surface area contributed by atoms with Crippen molar-refractivity contribution in [1.29, 1.82) is 0 Å². The van der Waals surface area contributed by atoms with Crippen LogP contribution in [-0.2, 0) is 33.1 Å². The molecule has 2 aliphatic rings. The second kappa shape index (κ2) is 11.9. The fraction of sp³-hybridized carbons (Fsp3) is 0.632. The topological polar surface area (TPSA) is 171 Å². The predicted octanol–water partition coefficient (Wildman–Crippen LogP) is 2.26. The first-order valence-electron chi connectivity index (χ1n) is 10.6. The van der Waals surface area contributed by atoms with Crippen LogP contribution in [-0.4, -0.2) is 88.1 Å². The molecule has 12 nitrogen and oxygen atoms in total. The molecule has 2 aliphatic heterocycles. The van der Waals surface area contributed by atoms with Crippen molar-refractivity contribution in [2.45, 2.75) is 35.6 Å². The number of phosphoric acid groups is 1. The van der Waals surface area contributed by atoms with E-state index in [1.54, 1.807) is 0 Å². The number of likely N-dealkylation sites (tertiary alicyclic amines) is 1. The van der Waals surface area contributed by atoms with Gasteiger partial charge in [-0.3, -0.25) is 4.57 Å². The highest BCUT2D eigenvalue weighted by atomic mass is 32.2. The van der Waals surface area contributed by atoms with Gasteiger partial charge in [-0.1, -0.05) is 0 Å². The van der Waals surface area contributed by atoms with Crippen molar-refractivity contribution in [3.63, 3.8) is 0 Å². The lowest BCUT2D eigenvalue weighted by atomic mass is 9.90. The molecule has 1 amide bonds. The first-order valence-corrected chi connectivity index (χ1v) is 13.5. The summed E-state index contributed by atoms with van der Waals surface area (Å²) in [6.45, 7) is -1.69. The number of quaternary nitrogens is 1. The van der Waals surface area contributed by atoms with Gasteiger partial charge in [0, 0.05) is 33.3 Å². The van der Waals surface area contributed by atoms with Crippen LogP contribution in [0.25, 0.3) is 0 Å². The van der Waals surface area contributed by atoms with Gasteiger partial charge >= 0.3 is 12.3 Å². The summed E-state index contributed by atoms with van der Waals surface area (Å²) in [6, 6.07) is 4.34. The molecule has 0 saturated carbocycles. The van der Waals surface area contributed by atoms with Gasteiger partial charge in [-0.05, 0) is 37.1 Å². The van der Waals surface area contributed by atoms with E-state index in [0.29, 0.717) is 7.11 Å². The lowest BCUT2D eigenvalue weighted by Crippen LogP contribution is -2.58. The number of phosphoric ester groups is 1. The number of amides is 1. The Kier molecular flexibility index (Phi) is 10.1. The van der Waals surface area contributed by atoms with Crippen molar-refractivity contribution in [3.05, 3.63) is 30.1 Å². The van der Waals surface area contributed by atoms with Crippen LogP contribution in [0.4, 0.5) is 22.4 Å². The number of morpholine rings is 1. The molecule has 2 saturated heterocycles. The van der Waals surface area contributed by atoms with Crippen LogP contribution in [0.2, 0.25) is 0 Å². The van der Waals surface area contributed by atoms with Gasteiger partial charge in [-0.15, -0.1) is 0 Å². The van der Waals surface area contributed by atoms with Crippen LogP contribution in [0.15, 0.2) is 29.2 Å². The zero-order chi connectivity index (χ0) is 26.8. The molecule has 2 atom stereocenters. The van der Waals surface area contributed by atoms with E-state index >= 15 is 0 Å². The van der Waals surface area contributed by atoms with Gasteiger partial charge < -0.3 is 34.5 Å². The third kappa shape index (κ3) is 7.83. The largest absolute Gasteiger partial charge is 0.756 e. The predicted molar refractivity (Wildman–Crippen MR) is 118 cm³/mol. The molecule has 1 aromatic carbocycles. The zero-order valence-electron chi connectivity index (χ0n) is 20.0. The minimum Gasteiger partial charge on any atom is -0.756 e. The molecule has 2 fully saturated rings. The minimum atomic E-state index is -5.11. The number of piperidine rings is 1. The highest BCUT2D eigenvalue weighted by Crippen LogP contribution is 2.39. The average Bonchev–Trinajstić information content (AvgIpc) is 2.81. The lowest BCUT2D eigenvalue weighted by Gasteiger charge is -2.46. The fourth-order valence-electron chi connectivity index (χ4n) is 3.77. The second-order valence-corrected chi connectivity index (χ2v) is 11.6. The first-order chi connectivity index (χ1) is 16.7. The van der Waals surface area contributed by atoms with Crippen molar-refractivity contribution in [2.24, 2.45) is 0 Å². The van der Waals surface area contributed by atoms with E-state index in [9.17, 15) is 40.2 Å². The molecule has 0 aliphatic carbocycles. The summed E-state index contributed by atoms with van der Waals surface area (Å²) < 4.78 is 109. The summed E-state index contributed by atoms with van der Waals surface area (Å²) in [4.78, 5) is 24.4. The number of alkyl halides is 3. The van der Waals surface area contributed by atoms with Crippen LogP contribution >= 0.6 is 7.82 Å². The van der Waals surface area contributed by atoms with E-state index in [4.69, 9.17) is 4.74 Å². The second-order valence-electron chi connectivity index (χ2n) is 8.15. The third-order valence-electron chi connectivity index (χ3n) is 5.81. The number of benzene rings is 1. The van der Waals surface area contributed by atoms with Crippen LogP contribution in [0, 0.1) is 5.82 Å². The van der Waals surface area contributed by atoms with Crippen molar-refractivity contribution >= 4 is 23.9 Å². The van der Waals surface area contributed by atoms with Crippen LogP contribution < -0.4 is 11.0 Å². The van der Waals surface area contributed by atoms with Gasteiger partial charge in [0.25, 0.3) is 7.82 Å². The molecule has 18 heteroatoms. The van der Waals surface area contributed by atoms with Crippen molar-refractivity contribution in [1.82, 2.24) is 15.4 Å². The molecule has 37 heavy (non-hydrogen) atoms. The number of carbonyl (C=O) groups is 1.